The fraction of sp³-hybridized carbons (Fsp3) is 0.484. The molecule has 1 aromatic carbocycles. The van der Waals surface area contributed by atoms with Crippen LogP contribution in [0.3, 0.4) is 0 Å². The fourth-order valence-corrected chi connectivity index (χ4v) is 4.72. The predicted octanol–water partition coefficient (Wildman–Crippen LogP) is 1.29. The number of fused-ring (bicyclic) bond motifs is 1. The highest BCUT2D eigenvalue weighted by Crippen LogP contribution is 2.33. The molecule has 2 heterocycles. The van der Waals surface area contributed by atoms with Gasteiger partial charge in [-0.15, -0.1) is 0 Å². The summed E-state index contributed by atoms with van der Waals surface area (Å²) in [7, 11) is 0. The number of carbonyl (C=O) groups is 7. The van der Waals surface area contributed by atoms with Gasteiger partial charge in [-0.25, -0.2) is 28.9 Å². The zero-order valence-electron chi connectivity index (χ0n) is 28.2. The van der Waals surface area contributed by atoms with Gasteiger partial charge < -0.3 is 33.7 Å². The van der Waals surface area contributed by atoms with Crippen molar-refractivity contribution in [2.24, 2.45) is 4.99 Å². The molecule has 1 aliphatic heterocycles. The number of amides is 1. The maximum Gasteiger partial charge on any atom is 0.347 e. The third-order valence-corrected chi connectivity index (χ3v) is 7.48. The fourth-order valence-electron chi connectivity index (χ4n) is 4.11. The highest BCUT2D eigenvalue weighted by atomic mass is 79.9. The zero-order valence-corrected chi connectivity index (χ0v) is 29.7. The van der Waals surface area contributed by atoms with E-state index >= 15 is 0 Å². The zero-order chi connectivity index (χ0) is 37.3. The van der Waals surface area contributed by atoms with Gasteiger partial charge in [0.1, 0.15) is 5.52 Å². The highest BCUT2D eigenvalue weighted by molar-refractivity contribution is 9.10. The van der Waals surface area contributed by atoms with Gasteiger partial charge in [-0.05, 0) is 69.6 Å². The number of ether oxygens (including phenoxy) is 6. The summed E-state index contributed by atoms with van der Waals surface area (Å²) in [6.07, 6.45) is -5.75. The van der Waals surface area contributed by atoms with Crippen LogP contribution in [0.1, 0.15) is 48.5 Å². The number of aliphatic imine (C=N–C) groups is 1. The average Bonchev–Trinajstić information content (AvgIpc) is 3.59. The molecular weight excluding hydrogens is 730 g/mol. The second kappa shape index (κ2) is 17.5. The summed E-state index contributed by atoms with van der Waals surface area (Å²) in [6.45, 7) is 9.20. The first-order valence-corrected chi connectivity index (χ1v) is 16.0. The molecule has 1 amide bonds. The summed E-state index contributed by atoms with van der Waals surface area (Å²) >= 11 is 3.49. The lowest BCUT2D eigenvalue weighted by atomic mass is 10.2. The molecule has 1 aliphatic rings. The Morgan fingerprint density at radius 2 is 1.12 bits per heavy atom. The molecule has 3 rings (SSSR count). The summed E-state index contributed by atoms with van der Waals surface area (Å²) in [6, 6.07) is 3.30. The van der Waals surface area contributed by atoms with Crippen molar-refractivity contribution >= 4 is 80.3 Å². The molecule has 0 fully saturated rings. The number of aromatic nitrogens is 2. The number of nitrogens with one attached hydrogen (secondary N) is 1. The van der Waals surface area contributed by atoms with Crippen LogP contribution < -0.4 is 10.2 Å². The Bertz CT molecular complexity index is 1690. The smallest absolute Gasteiger partial charge is 0.347 e. The number of anilines is 1. The molecule has 6 atom stereocenters. The van der Waals surface area contributed by atoms with E-state index in [1.165, 1.54) is 45.0 Å². The van der Waals surface area contributed by atoms with E-state index in [4.69, 9.17) is 23.7 Å². The lowest BCUT2D eigenvalue weighted by molar-refractivity contribution is -0.187. The van der Waals surface area contributed by atoms with Crippen LogP contribution in [0.2, 0.25) is 0 Å². The van der Waals surface area contributed by atoms with Crippen molar-refractivity contribution in [3.8, 4) is 0 Å². The van der Waals surface area contributed by atoms with E-state index < -0.39 is 78.3 Å². The van der Waals surface area contributed by atoms with Crippen LogP contribution in [-0.4, -0.2) is 107 Å². The molecule has 0 aliphatic carbocycles. The van der Waals surface area contributed by atoms with Crippen molar-refractivity contribution in [2.75, 3.05) is 18.0 Å². The lowest BCUT2D eigenvalue weighted by Crippen LogP contribution is -2.49. The van der Waals surface area contributed by atoms with Crippen LogP contribution in [0.5, 0.6) is 0 Å². The normalized spacial score (nSPS) is 15.8. The largest absolute Gasteiger partial charge is 0.451 e. The first-order valence-electron chi connectivity index (χ1n) is 15.2. The number of benzene rings is 1. The minimum atomic E-state index is -1.56. The predicted molar refractivity (Wildman–Crippen MR) is 174 cm³/mol. The van der Waals surface area contributed by atoms with Crippen LogP contribution in [0.25, 0.3) is 11.0 Å². The first kappa shape index (κ1) is 39.2. The molecule has 0 saturated carbocycles. The van der Waals surface area contributed by atoms with Gasteiger partial charge in [-0.3, -0.25) is 24.5 Å². The lowest BCUT2D eigenvalue weighted by Gasteiger charge is -2.27. The molecule has 0 saturated heterocycles. The van der Waals surface area contributed by atoms with Crippen molar-refractivity contribution in [3.05, 3.63) is 29.0 Å². The van der Waals surface area contributed by atoms with Crippen LogP contribution >= 0.6 is 15.9 Å². The Hall–Kier alpha value is -5.20. The van der Waals surface area contributed by atoms with Gasteiger partial charge in [0, 0.05) is 25.9 Å². The number of nitrogens with zero attached hydrogens (tertiary/aromatic N) is 4. The standard InChI is InChI=1S/C31H36BrN5O13/c1-14(25(39)37(31-35-12-13-36-31)22-9-8-21-24(23(22)32)34-11-10-33-21)46-27(41)16(3)48-29(43)18(5)50-30(44)19(6)49-28(42)17(4)47-26(40)15(2)45-20(7)38/h8-11,14-19H,12-13H2,1-7H3,(H,35,36)/t14-,15-,16-,17-,18-,19-/m0/s1. The van der Waals surface area contributed by atoms with Crippen molar-refractivity contribution in [1.29, 1.82) is 0 Å². The molecule has 1 N–H and O–H groups in total. The second-order valence-electron chi connectivity index (χ2n) is 10.8. The van der Waals surface area contributed by atoms with Crippen molar-refractivity contribution < 1.29 is 62.0 Å². The number of hydrogen-bond acceptors (Lipinski definition) is 17. The minimum absolute atomic E-state index is 0.223. The third kappa shape index (κ3) is 10.2. The Labute approximate surface area is 294 Å². The maximum atomic E-state index is 13.7. The molecule has 19 heteroatoms. The molecular formula is C31H36BrN5O13. The van der Waals surface area contributed by atoms with Gasteiger partial charge in [0.15, 0.2) is 36.6 Å². The molecule has 0 bridgehead atoms. The van der Waals surface area contributed by atoms with Crippen LogP contribution in [0.15, 0.2) is 34.0 Å². The van der Waals surface area contributed by atoms with E-state index in [0.717, 1.165) is 20.8 Å². The van der Waals surface area contributed by atoms with E-state index in [1.807, 2.05) is 0 Å². The monoisotopic (exact) mass is 765 g/mol. The van der Waals surface area contributed by atoms with Gasteiger partial charge in [0.25, 0.3) is 5.91 Å². The summed E-state index contributed by atoms with van der Waals surface area (Å²) in [5, 5.41) is 3.02. The third-order valence-electron chi connectivity index (χ3n) is 6.70. The summed E-state index contributed by atoms with van der Waals surface area (Å²) in [5.41, 5.74) is 1.42. The van der Waals surface area contributed by atoms with Crippen LogP contribution in [0, 0.1) is 0 Å². The molecule has 1 aromatic heterocycles. The minimum Gasteiger partial charge on any atom is -0.451 e. The number of esters is 6. The van der Waals surface area contributed by atoms with Gasteiger partial charge >= 0.3 is 35.8 Å². The van der Waals surface area contributed by atoms with Gasteiger partial charge in [0.2, 0.25) is 5.96 Å². The number of carbonyl (C=O) groups excluding carboxylic acids is 7. The van der Waals surface area contributed by atoms with Crippen molar-refractivity contribution in [2.45, 2.75) is 85.1 Å². The van der Waals surface area contributed by atoms with Gasteiger partial charge in [-0.2, -0.15) is 0 Å². The Morgan fingerprint density at radius 1 is 0.680 bits per heavy atom. The molecule has 0 radical (unpaired) electrons. The second-order valence-corrected chi connectivity index (χ2v) is 11.6. The van der Waals surface area contributed by atoms with Crippen LogP contribution in [0.4, 0.5) is 5.69 Å². The summed E-state index contributed by atoms with van der Waals surface area (Å²) in [5.74, 6) is -6.70. The van der Waals surface area contributed by atoms with Crippen molar-refractivity contribution in [3.63, 3.8) is 0 Å². The van der Waals surface area contributed by atoms with Crippen LogP contribution in [-0.2, 0) is 62.0 Å². The van der Waals surface area contributed by atoms with Crippen molar-refractivity contribution in [1.82, 2.24) is 15.3 Å². The topological polar surface area (TPSA) is 228 Å². The van der Waals surface area contributed by atoms with E-state index in [0.29, 0.717) is 34.3 Å². The van der Waals surface area contributed by atoms with Gasteiger partial charge in [0.05, 0.1) is 22.2 Å². The van der Waals surface area contributed by atoms with E-state index in [-0.39, 0.29) is 5.96 Å². The number of halogens is 1. The Balaban J connectivity index is 1.55. The highest BCUT2D eigenvalue weighted by Gasteiger charge is 2.35. The molecule has 18 nitrogen and oxygen atoms in total. The van der Waals surface area contributed by atoms with Gasteiger partial charge in [-0.1, -0.05) is 0 Å². The number of rotatable bonds is 13. The van der Waals surface area contributed by atoms with E-state index in [9.17, 15) is 33.6 Å². The molecule has 50 heavy (non-hydrogen) atoms. The SMILES string of the molecule is CC(=O)O[C@@H](C)C(=O)O[C@@H](C)C(=O)O[C@@H](C)C(=O)O[C@@H](C)C(=O)O[C@@H](C)C(=O)O[C@@H](C)C(=O)N(C1=NCCN1)c1ccc2nccnc2c1Br. The summed E-state index contributed by atoms with van der Waals surface area (Å²) < 4.78 is 30.3. The molecule has 270 valence electrons. The quantitative estimate of drug-likeness (QED) is 0.224. The van der Waals surface area contributed by atoms with E-state index in [1.54, 1.807) is 12.1 Å². The maximum absolute atomic E-state index is 13.7. The Kier molecular flexibility index (Phi) is 13.7. The molecule has 0 unspecified atom stereocenters. The molecule has 0 spiro atoms. The summed E-state index contributed by atoms with van der Waals surface area (Å²) in [4.78, 5) is 101. The first-order chi connectivity index (χ1) is 23.5. The average molecular weight is 767 g/mol. The number of guanidine groups is 1. The Morgan fingerprint density at radius 3 is 1.56 bits per heavy atom. The van der Waals surface area contributed by atoms with E-state index in [2.05, 4.69) is 40.9 Å². The number of hydrogen-bond donors (Lipinski definition) is 1. The molecule has 2 aromatic rings.